The molecule has 2 N–H and O–H groups in total. The second kappa shape index (κ2) is 10.5. The number of methoxy groups -OCH3 is 1. The number of rotatable bonds is 8. The number of ether oxygens (including phenoxy) is 1. The molecule has 0 saturated carbocycles. The van der Waals surface area contributed by atoms with Crippen molar-refractivity contribution in [3.8, 4) is 0 Å². The molecule has 2 heterocycles. The Morgan fingerprint density at radius 2 is 1.56 bits per heavy atom. The van der Waals surface area contributed by atoms with Crippen LogP contribution in [0, 0.1) is 0 Å². The van der Waals surface area contributed by atoms with Crippen LogP contribution in [0.4, 0.5) is 17.1 Å². The Labute approximate surface area is 199 Å². The number of hydrogen-bond donors (Lipinski definition) is 2. The van der Waals surface area contributed by atoms with Gasteiger partial charge in [-0.25, -0.2) is 0 Å². The van der Waals surface area contributed by atoms with Crippen LogP contribution in [-0.4, -0.2) is 56.0 Å². The Morgan fingerprint density at radius 1 is 0.912 bits per heavy atom. The van der Waals surface area contributed by atoms with Crippen LogP contribution < -0.4 is 15.5 Å². The van der Waals surface area contributed by atoms with Crippen molar-refractivity contribution >= 4 is 40.4 Å². The van der Waals surface area contributed by atoms with Gasteiger partial charge in [-0.05, 0) is 61.2 Å². The summed E-state index contributed by atoms with van der Waals surface area (Å²) in [5.41, 5.74) is 3.64. The summed E-state index contributed by atoms with van der Waals surface area (Å²) < 4.78 is 5.09. The molecule has 3 amide bonds. The van der Waals surface area contributed by atoms with Crippen LogP contribution in [0.25, 0.3) is 5.57 Å². The van der Waals surface area contributed by atoms with Gasteiger partial charge in [0.2, 0.25) is 5.91 Å². The third kappa shape index (κ3) is 5.12. The van der Waals surface area contributed by atoms with Crippen LogP contribution >= 0.6 is 0 Å². The highest BCUT2D eigenvalue weighted by atomic mass is 16.5. The van der Waals surface area contributed by atoms with E-state index in [2.05, 4.69) is 15.5 Å². The van der Waals surface area contributed by atoms with Gasteiger partial charge in [0.05, 0.1) is 18.7 Å². The zero-order valence-electron chi connectivity index (χ0n) is 19.6. The zero-order chi connectivity index (χ0) is 24.1. The molecule has 0 radical (unpaired) electrons. The molecule has 0 spiro atoms. The van der Waals surface area contributed by atoms with Gasteiger partial charge in [0.15, 0.2) is 0 Å². The fraction of sp³-hybridized carbons (Fsp3) is 0.346. The van der Waals surface area contributed by atoms with Crippen LogP contribution in [-0.2, 0) is 19.1 Å². The van der Waals surface area contributed by atoms with Crippen molar-refractivity contribution in [1.82, 2.24) is 4.90 Å². The van der Waals surface area contributed by atoms with E-state index in [9.17, 15) is 14.4 Å². The molecule has 2 aliphatic heterocycles. The number of imide groups is 1. The molecular formula is C26H30N4O4. The van der Waals surface area contributed by atoms with Crippen molar-refractivity contribution in [3.05, 3.63) is 59.8 Å². The van der Waals surface area contributed by atoms with E-state index in [0.717, 1.165) is 24.5 Å². The van der Waals surface area contributed by atoms with Gasteiger partial charge in [0.1, 0.15) is 5.70 Å². The summed E-state index contributed by atoms with van der Waals surface area (Å²) in [7, 11) is 1.53. The summed E-state index contributed by atoms with van der Waals surface area (Å²) in [4.78, 5) is 41.3. The van der Waals surface area contributed by atoms with Crippen LogP contribution in [0.3, 0.4) is 0 Å². The predicted octanol–water partition coefficient (Wildman–Crippen LogP) is 3.47. The number of piperidine rings is 1. The zero-order valence-corrected chi connectivity index (χ0v) is 19.6. The largest absolute Gasteiger partial charge is 0.383 e. The van der Waals surface area contributed by atoms with E-state index in [-0.39, 0.29) is 36.6 Å². The van der Waals surface area contributed by atoms with Crippen LogP contribution in [0.15, 0.2) is 54.2 Å². The third-order valence-corrected chi connectivity index (χ3v) is 6.04. The Hall–Kier alpha value is -3.65. The molecule has 4 rings (SSSR count). The number of anilines is 3. The maximum absolute atomic E-state index is 13.2. The summed E-state index contributed by atoms with van der Waals surface area (Å²) in [6, 6.07) is 14.8. The van der Waals surface area contributed by atoms with Gasteiger partial charge in [0.25, 0.3) is 11.8 Å². The highest BCUT2D eigenvalue weighted by Gasteiger charge is 2.39. The van der Waals surface area contributed by atoms with E-state index in [0.29, 0.717) is 16.8 Å². The summed E-state index contributed by atoms with van der Waals surface area (Å²) in [6.45, 7) is 3.96. The first-order valence-electron chi connectivity index (χ1n) is 11.6. The number of carbonyl (C=O) groups is 3. The number of benzene rings is 2. The normalized spacial score (nSPS) is 16.3. The maximum Gasteiger partial charge on any atom is 0.278 e. The number of hydrogen-bond acceptors (Lipinski definition) is 6. The van der Waals surface area contributed by atoms with Gasteiger partial charge >= 0.3 is 0 Å². The smallest absolute Gasteiger partial charge is 0.278 e. The number of nitrogens with one attached hydrogen (secondary N) is 2. The minimum absolute atomic E-state index is 0.167. The van der Waals surface area contributed by atoms with Gasteiger partial charge in [0, 0.05) is 44.2 Å². The van der Waals surface area contributed by atoms with Gasteiger partial charge in [-0.1, -0.05) is 12.1 Å². The molecule has 1 fully saturated rings. The second-order valence-electron chi connectivity index (χ2n) is 8.48. The quantitative estimate of drug-likeness (QED) is 0.584. The Bertz CT molecular complexity index is 1090. The van der Waals surface area contributed by atoms with Crippen molar-refractivity contribution in [2.75, 3.05) is 48.9 Å². The molecule has 8 heteroatoms. The Balaban J connectivity index is 1.62. The van der Waals surface area contributed by atoms with Crippen LogP contribution in [0.5, 0.6) is 0 Å². The first kappa shape index (κ1) is 23.5. The molecule has 2 aromatic rings. The molecule has 0 aromatic heterocycles. The molecule has 2 aliphatic rings. The first-order valence-corrected chi connectivity index (χ1v) is 11.6. The van der Waals surface area contributed by atoms with E-state index in [1.54, 1.807) is 24.3 Å². The molecule has 0 unspecified atom stereocenters. The van der Waals surface area contributed by atoms with Crippen molar-refractivity contribution in [2.24, 2.45) is 0 Å². The van der Waals surface area contributed by atoms with Crippen molar-refractivity contribution < 1.29 is 19.1 Å². The molecular weight excluding hydrogens is 432 g/mol. The second-order valence-corrected chi connectivity index (χ2v) is 8.48. The third-order valence-electron chi connectivity index (χ3n) is 6.04. The fourth-order valence-electron chi connectivity index (χ4n) is 4.32. The lowest BCUT2D eigenvalue weighted by atomic mass is 10.0. The maximum atomic E-state index is 13.2. The van der Waals surface area contributed by atoms with Gasteiger partial charge < -0.3 is 20.3 Å². The van der Waals surface area contributed by atoms with Gasteiger partial charge in [-0.15, -0.1) is 0 Å². The van der Waals surface area contributed by atoms with Crippen molar-refractivity contribution in [2.45, 2.75) is 26.2 Å². The lowest BCUT2D eigenvalue weighted by Crippen LogP contribution is -2.35. The van der Waals surface area contributed by atoms with Crippen LogP contribution in [0.1, 0.15) is 31.7 Å². The van der Waals surface area contributed by atoms with E-state index in [1.807, 2.05) is 24.3 Å². The van der Waals surface area contributed by atoms with Crippen molar-refractivity contribution in [3.63, 3.8) is 0 Å². The average molecular weight is 463 g/mol. The lowest BCUT2D eigenvalue weighted by molar-refractivity contribution is -0.137. The van der Waals surface area contributed by atoms with Gasteiger partial charge in [-0.2, -0.15) is 0 Å². The highest BCUT2D eigenvalue weighted by Crippen LogP contribution is 2.32. The fourth-order valence-corrected chi connectivity index (χ4v) is 4.32. The summed E-state index contributed by atoms with van der Waals surface area (Å²) in [5, 5.41) is 5.90. The molecule has 8 nitrogen and oxygen atoms in total. The standard InChI is InChI=1S/C26H30N4O4/c1-18(31)27-20-8-6-19(7-9-20)23-24(26(33)30(25(23)32)16-17-34-2)28-21-10-12-22(13-11-21)29-14-4-3-5-15-29/h6-13,28H,3-5,14-17H2,1-2H3,(H,27,31). The van der Waals surface area contributed by atoms with E-state index in [1.165, 1.54) is 38.2 Å². The summed E-state index contributed by atoms with van der Waals surface area (Å²) in [6.07, 6.45) is 3.67. The molecule has 2 aromatic carbocycles. The topological polar surface area (TPSA) is 91.0 Å². The Kier molecular flexibility index (Phi) is 7.27. The van der Waals surface area contributed by atoms with E-state index >= 15 is 0 Å². The summed E-state index contributed by atoms with van der Waals surface area (Å²) in [5.74, 6) is -0.940. The SMILES string of the molecule is COCCN1C(=O)C(Nc2ccc(N3CCCCC3)cc2)=C(c2ccc(NC(C)=O)cc2)C1=O. The molecule has 0 bridgehead atoms. The van der Waals surface area contributed by atoms with Crippen LogP contribution in [0.2, 0.25) is 0 Å². The van der Waals surface area contributed by atoms with Gasteiger partial charge in [-0.3, -0.25) is 19.3 Å². The predicted molar refractivity (Wildman–Crippen MR) is 132 cm³/mol. The number of nitrogens with zero attached hydrogens (tertiary/aromatic N) is 2. The molecule has 0 atom stereocenters. The molecule has 1 saturated heterocycles. The first-order chi connectivity index (χ1) is 16.5. The average Bonchev–Trinajstić information content (AvgIpc) is 3.07. The summed E-state index contributed by atoms with van der Waals surface area (Å²) >= 11 is 0. The minimum atomic E-state index is -0.386. The molecule has 34 heavy (non-hydrogen) atoms. The Morgan fingerprint density at radius 3 is 2.18 bits per heavy atom. The number of amides is 3. The van der Waals surface area contributed by atoms with E-state index < -0.39 is 0 Å². The number of carbonyl (C=O) groups excluding carboxylic acids is 3. The lowest BCUT2D eigenvalue weighted by Gasteiger charge is -2.28. The van der Waals surface area contributed by atoms with Crippen molar-refractivity contribution in [1.29, 1.82) is 0 Å². The van der Waals surface area contributed by atoms with E-state index in [4.69, 9.17) is 4.74 Å². The molecule has 178 valence electrons. The highest BCUT2D eigenvalue weighted by molar-refractivity contribution is 6.36. The minimum Gasteiger partial charge on any atom is -0.383 e. The monoisotopic (exact) mass is 462 g/mol. The molecule has 0 aliphatic carbocycles.